The van der Waals surface area contributed by atoms with E-state index in [2.05, 4.69) is 17.6 Å². The van der Waals surface area contributed by atoms with Crippen molar-refractivity contribution < 1.29 is 9.53 Å². The maximum Gasteiger partial charge on any atom is 0.257 e. The first-order chi connectivity index (χ1) is 12.8. The molecule has 0 saturated carbocycles. The molecule has 0 saturated heterocycles. The molecule has 0 aliphatic carbocycles. The minimum atomic E-state index is -0.170. The Balaban J connectivity index is 1.76. The molecule has 0 spiro atoms. The number of carbonyl (C=O) groups is 1. The largest absolute Gasteiger partial charge is 0.494 e. The molecular formula is C22H22N2O2. The van der Waals surface area contributed by atoms with Crippen LogP contribution in [-0.4, -0.2) is 12.5 Å². The summed E-state index contributed by atoms with van der Waals surface area (Å²) in [4.78, 5) is 12.8. The maximum absolute atomic E-state index is 12.8. The van der Waals surface area contributed by atoms with Crippen molar-refractivity contribution in [3.05, 3.63) is 84.4 Å². The van der Waals surface area contributed by atoms with E-state index in [1.54, 1.807) is 6.07 Å². The highest BCUT2D eigenvalue weighted by molar-refractivity contribution is 6.08. The molecule has 26 heavy (non-hydrogen) atoms. The van der Waals surface area contributed by atoms with E-state index >= 15 is 0 Å². The second kappa shape index (κ2) is 8.72. The summed E-state index contributed by atoms with van der Waals surface area (Å²) in [5.41, 5.74) is 2.98. The monoisotopic (exact) mass is 346 g/mol. The highest BCUT2D eigenvalue weighted by atomic mass is 16.5. The Bertz CT molecular complexity index is 863. The molecule has 0 unspecified atom stereocenters. The second-order valence-corrected chi connectivity index (χ2v) is 5.87. The number of ether oxygens (including phenoxy) is 1. The number of amides is 1. The van der Waals surface area contributed by atoms with E-state index < -0.39 is 0 Å². The van der Waals surface area contributed by atoms with E-state index in [-0.39, 0.29) is 5.91 Å². The van der Waals surface area contributed by atoms with Crippen molar-refractivity contribution in [2.24, 2.45) is 0 Å². The lowest BCUT2D eigenvalue weighted by molar-refractivity contribution is 0.102. The fourth-order valence-corrected chi connectivity index (χ4v) is 2.55. The highest BCUT2D eigenvalue weighted by Crippen LogP contribution is 2.23. The third-order valence-corrected chi connectivity index (χ3v) is 3.79. The molecule has 0 aromatic heterocycles. The highest BCUT2D eigenvalue weighted by Gasteiger charge is 2.12. The van der Waals surface area contributed by atoms with E-state index in [0.29, 0.717) is 17.9 Å². The molecule has 4 nitrogen and oxygen atoms in total. The standard InChI is InChI=1S/C22H22N2O2/c1-2-15-26-19-12-8-11-18(16-19)24-22(25)20-13-6-7-14-21(20)23-17-9-4-3-5-10-17/h3-14,16,23H,2,15H2,1H3,(H,24,25). The summed E-state index contributed by atoms with van der Waals surface area (Å²) >= 11 is 0. The third kappa shape index (κ3) is 4.63. The van der Waals surface area contributed by atoms with Gasteiger partial charge in [-0.25, -0.2) is 0 Å². The molecule has 0 aliphatic heterocycles. The Kier molecular flexibility index (Phi) is 5.88. The summed E-state index contributed by atoms with van der Waals surface area (Å²) in [6.07, 6.45) is 0.940. The van der Waals surface area contributed by atoms with Gasteiger partial charge in [-0.15, -0.1) is 0 Å². The van der Waals surface area contributed by atoms with Gasteiger partial charge in [-0.2, -0.15) is 0 Å². The van der Waals surface area contributed by atoms with Gasteiger partial charge in [-0.05, 0) is 42.8 Å². The molecule has 3 aromatic carbocycles. The van der Waals surface area contributed by atoms with E-state index in [9.17, 15) is 4.79 Å². The van der Waals surface area contributed by atoms with Gasteiger partial charge < -0.3 is 15.4 Å². The number of anilines is 3. The Morgan fingerprint density at radius 2 is 1.62 bits per heavy atom. The van der Waals surface area contributed by atoms with Crippen LogP contribution < -0.4 is 15.4 Å². The molecule has 4 heteroatoms. The van der Waals surface area contributed by atoms with Crippen molar-refractivity contribution in [1.29, 1.82) is 0 Å². The van der Waals surface area contributed by atoms with Crippen molar-refractivity contribution in [3.63, 3.8) is 0 Å². The number of hydrogen-bond acceptors (Lipinski definition) is 3. The molecule has 3 aromatic rings. The predicted octanol–water partition coefficient (Wildman–Crippen LogP) is 5.47. The lowest BCUT2D eigenvalue weighted by Crippen LogP contribution is -2.14. The van der Waals surface area contributed by atoms with Crippen molar-refractivity contribution in [2.45, 2.75) is 13.3 Å². The van der Waals surface area contributed by atoms with Gasteiger partial charge in [0.05, 0.1) is 17.9 Å². The van der Waals surface area contributed by atoms with Gasteiger partial charge in [0.15, 0.2) is 0 Å². The van der Waals surface area contributed by atoms with Gasteiger partial charge in [0.1, 0.15) is 5.75 Å². The lowest BCUT2D eigenvalue weighted by Gasteiger charge is -2.13. The first-order valence-corrected chi connectivity index (χ1v) is 8.71. The normalized spacial score (nSPS) is 10.2. The smallest absolute Gasteiger partial charge is 0.257 e. The molecule has 2 N–H and O–H groups in total. The minimum absolute atomic E-state index is 0.170. The molecule has 0 atom stereocenters. The molecule has 132 valence electrons. The topological polar surface area (TPSA) is 50.4 Å². The van der Waals surface area contributed by atoms with Crippen LogP contribution in [0.2, 0.25) is 0 Å². The second-order valence-electron chi connectivity index (χ2n) is 5.87. The average Bonchev–Trinajstić information content (AvgIpc) is 2.68. The summed E-state index contributed by atoms with van der Waals surface area (Å²) in [5.74, 6) is 0.581. The van der Waals surface area contributed by atoms with Crippen LogP contribution in [0.5, 0.6) is 5.75 Å². The SMILES string of the molecule is CCCOc1cccc(NC(=O)c2ccccc2Nc2ccccc2)c1. The van der Waals surface area contributed by atoms with E-state index in [0.717, 1.165) is 23.5 Å². The van der Waals surface area contributed by atoms with Crippen molar-refractivity contribution in [3.8, 4) is 5.75 Å². The van der Waals surface area contributed by atoms with Gasteiger partial charge in [-0.3, -0.25) is 4.79 Å². The number of rotatable bonds is 7. The van der Waals surface area contributed by atoms with Gasteiger partial charge >= 0.3 is 0 Å². The van der Waals surface area contributed by atoms with Crippen LogP contribution in [0, 0.1) is 0 Å². The Labute approximate surface area is 153 Å². The van der Waals surface area contributed by atoms with Gasteiger partial charge in [0.25, 0.3) is 5.91 Å². The van der Waals surface area contributed by atoms with Gasteiger partial charge in [-0.1, -0.05) is 43.3 Å². The van der Waals surface area contributed by atoms with Crippen molar-refractivity contribution in [2.75, 3.05) is 17.2 Å². The molecule has 0 radical (unpaired) electrons. The average molecular weight is 346 g/mol. The van der Waals surface area contributed by atoms with Crippen LogP contribution in [0.15, 0.2) is 78.9 Å². The third-order valence-electron chi connectivity index (χ3n) is 3.79. The Morgan fingerprint density at radius 3 is 2.42 bits per heavy atom. The first-order valence-electron chi connectivity index (χ1n) is 8.71. The van der Waals surface area contributed by atoms with Crippen LogP contribution in [-0.2, 0) is 0 Å². The predicted molar refractivity (Wildman–Crippen MR) is 106 cm³/mol. The van der Waals surface area contributed by atoms with E-state index in [1.165, 1.54) is 0 Å². The van der Waals surface area contributed by atoms with Gasteiger partial charge in [0, 0.05) is 17.4 Å². The van der Waals surface area contributed by atoms with Crippen LogP contribution in [0.25, 0.3) is 0 Å². The Hall–Kier alpha value is -3.27. The van der Waals surface area contributed by atoms with Crippen molar-refractivity contribution >= 4 is 23.0 Å². The van der Waals surface area contributed by atoms with Crippen LogP contribution in [0.1, 0.15) is 23.7 Å². The fraction of sp³-hybridized carbons (Fsp3) is 0.136. The molecule has 0 bridgehead atoms. The lowest BCUT2D eigenvalue weighted by atomic mass is 10.1. The zero-order valence-electron chi connectivity index (χ0n) is 14.7. The molecule has 0 fully saturated rings. The number of carbonyl (C=O) groups excluding carboxylic acids is 1. The number of nitrogens with one attached hydrogen (secondary N) is 2. The molecular weight excluding hydrogens is 324 g/mol. The molecule has 0 aliphatic rings. The summed E-state index contributed by atoms with van der Waals surface area (Å²) in [6, 6.07) is 24.7. The zero-order valence-corrected chi connectivity index (χ0v) is 14.7. The Morgan fingerprint density at radius 1 is 0.885 bits per heavy atom. The quantitative estimate of drug-likeness (QED) is 0.596. The molecule has 3 rings (SSSR count). The zero-order chi connectivity index (χ0) is 18.2. The summed E-state index contributed by atoms with van der Waals surface area (Å²) in [5, 5.41) is 6.24. The number of benzene rings is 3. The maximum atomic E-state index is 12.8. The molecule has 1 amide bonds. The summed E-state index contributed by atoms with van der Waals surface area (Å²) in [6.45, 7) is 2.71. The van der Waals surface area contributed by atoms with Crippen LogP contribution in [0.3, 0.4) is 0 Å². The summed E-state index contributed by atoms with van der Waals surface area (Å²) in [7, 11) is 0. The van der Waals surface area contributed by atoms with E-state index in [4.69, 9.17) is 4.74 Å². The van der Waals surface area contributed by atoms with Crippen molar-refractivity contribution in [1.82, 2.24) is 0 Å². The fourth-order valence-electron chi connectivity index (χ4n) is 2.55. The van der Waals surface area contributed by atoms with Gasteiger partial charge in [0.2, 0.25) is 0 Å². The molecule has 0 heterocycles. The first kappa shape index (κ1) is 17.5. The van der Waals surface area contributed by atoms with Crippen LogP contribution >= 0.6 is 0 Å². The van der Waals surface area contributed by atoms with E-state index in [1.807, 2.05) is 72.8 Å². The van der Waals surface area contributed by atoms with Crippen LogP contribution in [0.4, 0.5) is 17.1 Å². The number of hydrogen-bond donors (Lipinski definition) is 2. The minimum Gasteiger partial charge on any atom is -0.494 e. The number of para-hydroxylation sites is 2. The summed E-state index contributed by atoms with van der Waals surface area (Å²) < 4.78 is 5.62.